The van der Waals surface area contributed by atoms with Crippen LogP contribution in [0.3, 0.4) is 0 Å². The number of amides is 3. The summed E-state index contributed by atoms with van der Waals surface area (Å²) < 4.78 is 19.5. The Balaban J connectivity index is 1.41. The molecule has 172 valence electrons. The number of nitrogens with zero attached hydrogens (tertiary/aromatic N) is 2. The van der Waals surface area contributed by atoms with Crippen molar-refractivity contribution in [3.8, 4) is 5.75 Å². The SMILES string of the molecule is COc1ccc(C2(CC(=O)N3CCC(c4ccccc4F)C3)CC(=O)N(C3CC3)C2=O)cc1. The van der Waals surface area contributed by atoms with Crippen molar-refractivity contribution in [3.63, 3.8) is 0 Å². The molecule has 3 fully saturated rings. The second kappa shape index (κ2) is 8.28. The summed E-state index contributed by atoms with van der Waals surface area (Å²) in [6.45, 7) is 0.915. The lowest BCUT2D eigenvalue weighted by Crippen LogP contribution is -2.43. The number of halogens is 1. The van der Waals surface area contributed by atoms with Gasteiger partial charge in [0.1, 0.15) is 11.6 Å². The van der Waals surface area contributed by atoms with Crippen molar-refractivity contribution in [3.05, 3.63) is 65.5 Å². The fourth-order valence-electron chi connectivity index (χ4n) is 5.26. The van der Waals surface area contributed by atoms with Crippen LogP contribution in [0.4, 0.5) is 4.39 Å². The van der Waals surface area contributed by atoms with Crippen LogP contribution < -0.4 is 4.74 Å². The van der Waals surface area contributed by atoms with Crippen LogP contribution in [0.15, 0.2) is 48.5 Å². The van der Waals surface area contributed by atoms with E-state index >= 15 is 0 Å². The van der Waals surface area contributed by atoms with Crippen molar-refractivity contribution in [2.45, 2.75) is 49.5 Å². The lowest BCUT2D eigenvalue weighted by atomic mass is 9.75. The molecule has 0 bridgehead atoms. The minimum Gasteiger partial charge on any atom is -0.497 e. The summed E-state index contributed by atoms with van der Waals surface area (Å²) in [5.41, 5.74) is 0.0618. The number of methoxy groups -OCH3 is 1. The predicted molar refractivity (Wildman–Crippen MR) is 119 cm³/mol. The second-order valence-electron chi connectivity index (χ2n) is 9.31. The molecule has 1 aliphatic carbocycles. The first kappa shape index (κ1) is 21.6. The zero-order chi connectivity index (χ0) is 23.2. The molecule has 1 saturated carbocycles. The van der Waals surface area contributed by atoms with Crippen molar-refractivity contribution in [2.24, 2.45) is 0 Å². The molecular weight excluding hydrogens is 423 g/mol. The minimum atomic E-state index is -1.21. The summed E-state index contributed by atoms with van der Waals surface area (Å²) in [6, 6.07) is 13.7. The van der Waals surface area contributed by atoms with Crippen molar-refractivity contribution in [1.29, 1.82) is 0 Å². The van der Waals surface area contributed by atoms with E-state index in [0.717, 1.165) is 12.8 Å². The highest BCUT2D eigenvalue weighted by Crippen LogP contribution is 2.45. The normalized spacial score (nSPS) is 25.1. The van der Waals surface area contributed by atoms with Gasteiger partial charge < -0.3 is 9.64 Å². The third kappa shape index (κ3) is 3.79. The van der Waals surface area contributed by atoms with Gasteiger partial charge in [-0.15, -0.1) is 0 Å². The highest BCUT2D eigenvalue weighted by molar-refractivity contribution is 6.11. The fraction of sp³-hybridized carbons (Fsp3) is 0.423. The first-order valence-corrected chi connectivity index (χ1v) is 11.5. The largest absolute Gasteiger partial charge is 0.497 e. The average Bonchev–Trinajstić information content (AvgIpc) is 3.46. The van der Waals surface area contributed by atoms with Crippen LogP contribution in [0.25, 0.3) is 0 Å². The smallest absolute Gasteiger partial charge is 0.241 e. The molecule has 2 atom stereocenters. The van der Waals surface area contributed by atoms with Gasteiger partial charge in [-0.2, -0.15) is 0 Å². The molecule has 2 unspecified atom stereocenters. The van der Waals surface area contributed by atoms with Gasteiger partial charge in [-0.25, -0.2) is 4.39 Å². The lowest BCUT2D eigenvalue weighted by molar-refractivity contribution is -0.143. The summed E-state index contributed by atoms with van der Waals surface area (Å²) in [7, 11) is 1.56. The fourth-order valence-corrected chi connectivity index (χ4v) is 5.26. The molecule has 2 heterocycles. The first-order valence-electron chi connectivity index (χ1n) is 11.5. The summed E-state index contributed by atoms with van der Waals surface area (Å²) in [5, 5.41) is 0. The average molecular weight is 451 g/mol. The molecule has 0 spiro atoms. The first-order chi connectivity index (χ1) is 15.9. The van der Waals surface area contributed by atoms with Crippen LogP contribution in [0.2, 0.25) is 0 Å². The van der Waals surface area contributed by atoms with E-state index < -0.39 is 5.41 Å². The number of ether oxygens (including phenoxy) is 1. The van der Waals surface area contributed by atoms with Gasteiger partial charge in [-0.1, -0.05) is 30.3 Å². The Hall–Kier alpha value is -3.22. The van der Waals surface area contributed by atoms with Crippen LogP contribution in [0.1, 0.15) is 49.1 Å². The Morgan fingerprint density at radius 1 is 1.09 bits per heavy atom. The standard InChI is InChI=1S/C26H27FN2O4/c1-33-20-10-6-18(7-11-20)26(15-24(31)29(25(26)32)19-8-9-19)14-23(30)28-13-12-17(16-28)21-4-2-3-5-22(21)27/h2-7,10-11,17,19H,8-9,12-16H2,1H3. The lowest BCUT2D eigenvalue weighted by Gasteiger charge is -2.29. The number of likely N-dealkylation sites (tertiary alicyclic amines) is 2. The molecule has 2 aromatic rings. The third-order valence-corrected chi connectivity index (χ3v) is 7.24. The van der Waals surface area contributed by atoms with E-state index in [4.69, 9.17) is 4.74 Å². The molecule has 0 N–H and O–H groups in total. The molecule has 6 nitrogen and oxygen atoms in total. The minimum absolute atomic E-state index is 0.00894. The number of carbonyl (C=O) groups excluding carboxylic acids is 3. The maximum absolute atomic E-state index is 14.3. The number of imide groups is 1. The summed E-state index contributed by atoms with van der Waals surface area (Å²) in [4.78, 5) is 43.0. The van der Waals surface area contributed by atoms with E-state index in [1.165, 1.54) is 11.0 Å². The van der Waals surface area contributed by atoms with Gasteiger partial charge in [-0.3, -0.25) is 19.3 Å². The van der Waals surface area contributed by atoms with Gasteiger partial charge >= 0.3 is 0 Å². The van der Waals surface area contributed by atoms with E-state index in [1.54, 1.807) is 54.5 Å². The van der Waals surface area contributed by atoms with Crippen LogP contribution in [0.5, 0.6) is 5.75 Å². The number of hydrogen-bond acceptors (Lipinski definition) is 4. The van der Waals surface area contributed by atoms with Gasteiger partial charge in [0.05, 0.1) is 12.5 Å². The van der Waals surface area contributed by atoms with Gasteiger partial charge in [0.25, 0.3) is 0 Å². The van der Waals surface area contributed by atoms with Crippen molar-refractivity contribution < 1.29 is 23.5 Å². The van der Waals surface area contributed by atoms with Crippen LogP contribution in [-0.2, 0) is 19.8 Å². The van der Waals surface area contributed by atoms with Gasteiger partial charge in [-0.05, 0) is 48.6 Å². The van der Waals surface area contributed by atoms with E-state index in [-0.39, 0.29) is 48.3 Å². The highest BCUT2D eigenvalue weighted by Gasteiger charge is 2.57. The highest BCUT2D eigenvalue weighted by atomic mass is 19.1. The quantitative estimate of drug-likeness (QED) is 0.633. The van der Waals surface area contributed by atoms with E-state index in [0.29, 0.717) is 36.4 Å². The zero-order valence-electron chi connectivity index (χ0n) is 18.6. The summed E-state index contributed by atoms with van der Waals surface area (Å²) >= 11 is 0. The molecule has 7 heteroatoms. The Morgan fingerprint density at radius 2 is 1.82 bits per heavy atom. The zero-order valence-corrected chi connectivity index (χ0v) is 18.6. The Labute approximate surface area is 192 Å². The number of benzene rings is 2. The van der Waals surface area contributed by atoms with Gasteiger partial charge in [0.15, 0.2) is 0 Å². The van der Waals surface area contributed by atoms with Gasteiger partial charge in [0, 0.05) is 37.9 Å². The predicted octanol–water partition coefficient (Wildman–Crippen LogP) is 3.40. The number of carbonyl (C=O) groups is 3. The van der Waals surface area contributed by atoms with E-state index in [2.05, 4.69) is 0 Å². The molecule has 3 amide bonds. The molecular formula is C26H27FN2O4. The third-order valence-electron chi connectivity index (χ3n) is 7.24. The Bertz CT molecular complexity index is 1100. The van der Waals surface area contributed by atoms with E-state index in [1.807, 2.05) is 0 Å². The monoisotopic (exact) mass is 450 g/mol. The van der Waals surface area contributed by atoms with Crippen molar-refractivity contribution >= 4 is 17.7 Å². The molecule has 2 saturated heterocycles. The van der Waals surface area contributed by atoms with Crippen molar-refractivity contribution in [1.82, 2.24) is 9.80 Å². The number of rotatable bonds is 6. The molecule has 33 heavy (non-hydrogen) atoms. The maximum atomic E-state index is 14.3. The van der Waals surface area contributed by atoms with Crippen LogP contribution >= 0.6 is 0 Å². The molecule has 2 aromatic carbocycles. The van der Waals surface area contributed by atoms with Gasteiger partial charge in [0.2, 0.25) is 17.7 Å². The van der Waals surface area contributed by atoms with Crippen molar-refractivity contribution in [2.75, 3.05) is 20.2 Å². The summed E-state index contributed by atoms with van der Waals surface area (Å²) in [5.74, 6) is -0.360. The topological polar surface area (TPSA) is 66.9 Å². The molecule has 3 aliphatic rings. The Kier molecular flexibility index (Phi) is 5.43. The molecule has 2 aliphatic heterocycles. The Morgan fingerprint density at radius 3 is 2.48 bits per heavy atom. The summed E-state index contributed by atoms with van der Waals surface area (Å²) in [6.07, 6.45) is 2.23. The maximum Gasteiger partial charge on any atom is 0.241 e. The van der Waals surface area contributed by atoms with Crippen LogP contribution in [0, 0.1) is 5.82 Å². The number of hydrogen-bond donors (Lipinski definition) is 0. The second-order valence-corrected chi connectivity index (χ2v) is 9.31. The molecule has 5 rings (SSSR count). The van der Waals surface area contributed by atoms with Crippen LogP contribution in [-0.4, -0.2) is 53.8 Å². The van der Waals surface area contributed by atoms with E-state index in [9.17, 15) is 18.8 Å². The molecule has 0 radical (unpaired) electrons. The molecule has 0 aromatic heterocycles.